The van der Waals surface area contributed by atoms with Crippen molar-refractivity contribution >= 4 is 17.4 Å². The summed E-state index contributed by atoms with van der Waals surface area (Å²) in [6.07, 6.45) is 3.20. The first-order valence-electron chi connectivity index (χ1n) is 8.76. The molecule has 1 aromatic heterocycles. The maximum absolute atomic E-state index is 12.2. The molecule has 2 aromatic rings. The molecular formula is C19H26N4O2. The van der Waals surface area contributed by atoms with Crippen LogP contribution in [0.1, 0.15) is 49.4 Å². The number of hydrogen-bond acceptors (Lipinski definition) is 5. The van der Waals surface area contributed by atoms with Crippen LogP contribution in [-0.2, 0) is 0 Å². The van der Waals surface area contributed by atoms with Crippen molar-refractivity contribution in [1.82, 2.24) is 15.3 Å². The molecule has 0 aliphatic rings. The first kappa shape index (κ1) is 18.7. The third kappa shape index (κ3) is 6.06. The molecular weight excluding hydrogens is 316 g/mol. The summed E-state index contributed by atoms with van der Waals surface area (Å²) in [5, 5.41) is 6.10. The molecule has 6 nitrogen and oxygen atoms in total. The minimum atomic E-state index is -0.170. The predicted octanol–water partition coefficient (Wildman–Crippen LogP) is 3.85. The van der Waals surface area contributed by atoms with Gasteiger partial charge >= 0.3 is 0 Å². The van der Waals surface area contributed by atoms with Gasteiger partial charge in [0.05, 0.1) is 6.61 Å². The molecule has 2 rings (SSSR count). The molecule has 1 heterocycles. The first-order valence-corrected chi connectivity index (χ1v) is 8.76. The highest BCUT2D eigenvalue weighted by molar-refractivity contribution is 5.93. The van der Waals surface area contributed by atoms with Crippen molar-refractivity contribution in [1.29, 1.82) is 0 Å². The number of aromatic nitrogens is 2. The predicted molar refractivity (Wildman–Crippen MR) is 99.5 cm³/mol. The number of amides is 1. The van der Waals surface area contributed by atoms with Crippen molar-refractivity contribution in [3.63, 3.8) is 0 Å². The molecule has 0 radical (unpaired) electrons. The summed E-state index contributed by atoms with van der Waals surface area (Å²) >= 11 is 0. The van der Waals surface area contributed by atoms with E-state index in [4.69, 9.17) is 4.74 Å². The molecule has 0 bridgehead atoms. The average Bonchev–Trinajstić information content (AvgIpc) is 2.60. The van der Waals surface area contributed by atoms with Gasteiger partial charge in [0.1, 0.15) is 23.1 Å². The second-order valence-corrected chi connectivity index (χ2v) is 5.73. The minimum absolute atomic E-state index is 0.170. The second-order valence-electron chi connectivity index (χ2n) is 5.73. The molecule has 0 aliphatic heterocycles. The molecule has 0 unspecified atom stereocenters. The van der Waals surface area contributed by atoms with E-state index in [9.17, 15) is 4.79 Å². The first-order chi connectivity index (χ1) is 12.1. The summed E-state index contributed by atoms with van der Waals surface area (Å²) < 4.78 is 5.43. The smallest absolute Gasteiger partial charge is 0.270 e. The Kier molecular flexibility index (Phi) is 7.19. The highest BCUT2D eigenvalue weighted by Crippen LogP contribution is 2.19. The van der Waals surface area contributed by atoms with Gasteiger partial charge in [-0.25, -0.2) is 9.97 Å². The van der Waals surface area contributed by atoms with E-state index in [-0.39, 0.29) is 5.91 Å². The Hall–Kier alpha value is -2.63. The van der Waals surface area contributed by atoms with Gasteiger partial charge in [-0.1, -0.05) is 19.8 Å². The van der Waals surface area contributed by atoms with Crippen LogP contribution < -0.4 is 15.4 Å². The van der Waals surface area contributed by atoms with E-state index in [1.807, 2.05) is 31.2 Å². The Morgan fingerprint density at radius 2 is 1.88 bits per heavy atom. The van der Waals surface area contributed by atoms with E-state index in [1.54, 1.807) is 13.0 Å². The zero-order valence-electron chi connectivity index (χ0n) is 15.1. The second kappa shape index (κ2) is 9.61. The fraction of sp³-hybridized carbons (Fsp3) is 0.421. The summed E-state index contributed by atoms with van der Waals surface area (Å²) in [6, 6.07) is 9.26. The molecule has 6 heteroatoms. The zero-order chi connectivity index (χ0) is 18.1. The van der Waals surface area contributed by atoms with E-state index in [0.29, 0.717) is 30.5 Å². The van der Waals surface area contributed by atoms with Crippen LogP contribution in [0.3, 0.4) is 0 Å². The van der Waals surface area contributed by atoms with Gasteiger partial charge in [0.2, 0.25) is 0 Å². The Morgan fingerprint density at radius 1 is 1.12 bits per heavy atom. The van der Waals surface area contributed by atoms with Crippen molar-refractivity contribution in [2.24, 2.45) is 0 Å². The lowest BCUT2D eigenvalue weighted by atomic mass is 10.2. The van der Waals surface area contributed by atoms with Crippen molar-refractivity contribution in [2.45, 2.75) is 40.0 Å². The lowest BCUT2D eigenvalue weighted by Gasteiger charge is -2.10. The Morgan fingerprint density at radius 3 is 2.56 bits per heavy atom. The van der Waals surface area contributed by atoms with Gasteiger partial charge < -0.3 is 15.4 Å². The number of rotatable bonds is 9. The number of ether oxygens (including phenoxy) is 1. The summed E-state index contributed by atoms with van der Waals surface area (Å²) in [4.78, 5) is 20.8. The number of aryl methyl sites for hydroxylation is 1. The molecule has 0 fully saturated rings. The van der Waals surface area contributed by atoms with Crippen LogP contribution in [0.5, 0.6) is 5.75 Å². The number of hydrogen-bond donors (Lipinski definition) is 2. The number of carbonyl (C=O) groups is 1. The molecule has 25 heavy (non-hydrogen) atoms. The Labute approximate surface area is 149 Å². The largest absolute Gasteiger partial charge is 0.494 e. The standard InChI is InChI=1S/C19H26N4O2/c1-4-6-7-12-20-19(24)17-13-18(22-14(3)21-17)23-15-8-10-16(11-9-15)25-5-2/h8-11,13H,4-7,12H2,1-3H3,(H,20,24)(H,21,22,23). The highest BCUT2D eigenvalue weighted by Gasteiger charge is 2.10. The van der Waals surface area contributed by atoms with Crippen LogP contribution in [0.4, 0.5) is 11.5 Å². The monoisotopic (exact) mass is 342 g/mol. The van der Waals surface area contributed by atoms with Gasteiger partial charge in [-0.2, -0.15) is 0 Å². The van der Waals surface area contributed by atoms with Crippen molar-refractivity contribution in [3.05, 3.63) is 41.9 Å². The number of benzene rings is 1. The Balaban J connectivity index is 2.03. The van der Waals surface area contributed by atoms with Crippen molar-refractivity contribution in [2.75, 3.05) is 18.5 Å². The topological polar surface area (TPSA) is 76.1 Å². The number of unbranched alkanes of at least 4 members (excludes halogenated alkanes) is 2. The van der Waals surface area contributed by atoms with Crippen molar-refractivity contribution < 1.29 is 9.53 Å². The van der Waals surface area contributed by atoms with Crippen LogP contribution in [0.15, 0.2) is 30.3 Å². The maximum atomic E-state index is 12.2. The van der Waals surface area contributed by atoms with E-state index < -0.39 is 0 Å². The molecule has 2 N–H and O–H groups in total. The fourth-order valence-electron chi connectivity index (χ4n) is 2.36. The van der Waals surface area contributed by atoms with E-state index in [0.717, 1.165) is 30.7 Å². The van der Waals surface area contributed by atoms with Gasteiger partial charge in [-0.05, 0) is 44.5 Å². The van der Waals surface area contributed by atoms with E-state index >= 15 is 0 Å². The lowest BCUT2D eigenvalue weighted by molar-refractivity contribution is 0.0947. The molecule has 134 valence electrons. The van der Waals surface area contributed by atoms with E-state index in [2.05, 4.69) is 27.5 Å². The van der Waals surface area contributed by atoms with Gasteiger partial charge in [-0.15, -0.1) is 0 Å². The van der Waals surface area contributed by atoms with E-state index in [1.165, 1.54) is 0 Å². The highest BCUT2D eigenvalue weighted by atomic mass is 16.5. The van der Waals surface area contributed by atoms with Crippen LogP contribution in [0, 0.1) is 6.92 Å². The normalized spacial score (nSPS) is 10.4. The molecule has 0 saturated heterocycles. The van der Waals surface area contributed by atoms with Gasteiger partial charge in [0, 0.05) is 18.3 Å². The van der Waals surface area contributed by atoms with Crippen LogP contribution in [-0.4, -0.2) is 29.0 Å². The molecule has 1 aromatic carbocycles. The SMILES string of the molecule is CCCCCNC(=O)c1cc(Nc2ccc(OCC)cc2)nc(C)n1. The molecule has 0 saturated carbocycles. The van der Waals surface area contributed by atoms with Gasteiger partial charge in [0.25, 0.3) is 5.91 Å². The van der Waals surface area contributed by atoms with Crippen molar-refractivity contribution in [3.8, 4) is 5.75 Å². The quantitative estimate of drug-likeness (QED) is 0.677. The third-order valence-electron chi connectivity index (χ3n) is 3.57. The van der Waals surface area contributed by atoms with Gasteiger partial charge in [0.15, 0.2) is 0 Å². The summed E-state index contributed by atoms with van der Waals surface area (Å²) in [5.74, 6) is 1.79. The third-order valence-corrected chi connectivity index (χ3v) is 3.57. The lowest BCUT2D eigenvalue weighted by Crippen LogP contribution is -2.25. The van der Waals surface area contributed by atoms with Crippen LogP contribution >= 0.6 is 0 Å². The molecule has 0 spiro atoms. The summed E-state index contributed by atoms with van der Waals surface area (Å²) in [7, 11) is 0. The molecule has 1 amide bonds. The molecule has 0 aliphatic carbocycles. The summed E-state index contributed by atoms with van der Waals surface area (Å²) in [5.41, 5.74) is 1.24. The fourth-order valence-corrected chi connectivity index (χ4v) is 2.36. The zero-order valence-corrected chi connectivity index (χ0v) is 15.1. The average molecular weight is 342 g/mol. The van der Waals surface area contributed by atoms with Crippen LogP contribution in [0.2, 0.25) is 0 Å². The van der Waals surface area contributed by atoms with Crippen LogP contribution in [0.25, 0.3) is 0 Å². The van der Waals surface area contributed by atoms with Gasteiger partial charge in [-0.3, -0.25) is 4.79 Å². The number of nitrogens with zero attached hydrogens (tertiary/aromatic N) is 2. The number of anilines is 2. The number of carbonyl (C=O) groups excluding carboxylic acids is 1. The summed E-state index contributed by atoms with van der Waals surface area (Å²) in [6.45, 7) is 7.16. The minimum Gasteiger partial charge on any atom is -0.494 e. The Bertz CT molecular complexity index is 686. The molecule has 0 atom stereocenters. The maximum Gasteiger partial charge on any atom is 0.270 e. The number of nitrogens with one attached hydrogen (secondary N) is 2.